The Morgan fingerprint density at radius 2 is 1.38 bits per heavy atom. The molecule has 2 atom stereocenters. The van der Waals surface area contributed by atoms with E-state index in [0.717, 1.165) is 44.1 Å². The molecule has 2 saturated heterocycles. The summed E-state index contributed by atoms with van der Waals surface area (Å²) in [7, 11) is 0. The van der Waals surface area contributed by atoms with Crippen molar-refractivity contribution in [3.05, 3.63) is 70.3 Å². The molecule has 2 aliphatic heterocycles. The van der Waals surface area contributed by atoms with Crippen molar-refractivity contribution in [1.29, 1.82) is 0 Å². The fraction of sp³-hybridized carbons (Fsp3) is 0.556. The van der Waals surface area contributed by atoms with Crippen molar-refractivity contribution in [3.8, 4) is 0 Å². The second kappa shape index (κ2) is 10.9. The molecule has 3 nitrogen and oxygen atoms in total. The van der Waals surface area contributed by atoms with Crippen LogP contribution in [0.25, 0.3) is 0 Å². The molecule has 0 N–H and O–H groups in total. The van der Waals surface area contributed by atoms with Gasteiger partial charge in [-0.2, -0.15) is 0 Å². The van der Waals surface area contributed by atoms with E-state index < -0.39 is 17.9 Å². The van der Waals surface area contributed by atoms with E-state index in [1.54, 1.807) is 12.1 Å². The molecule has 0 bridgehead atoms. The highest BCUT2D eigenvalue weighted by molar-refractivity contribution is 5.32. The van der Waals surface area contributed by atoms with Crippen LogP contribution >= 0.6 is 0 Å². The lowest BCUT2D eigenvalue weighted by Gasteiger charge is -2.31. The van der Waals surface area contributed by atoms with Crippen molar-refractivity contribution in [1.82, 2.24) is 0 Å². The average Bonchev–Trinajstić information content (AvgIpc) is 2.83. The van der Waals surface area contributed by atoms with E-state index in [1.165, 1.54) is 5.56 Å². The molecular formula is C27H34F2O3. The fourth-order valence-electron chi connectivity index (χ4n) is 4.82. The second-order valence-corrected chi connectivity index (χ2v) is 9.08. The third-order valence-corrected chi connectivity index (χ3v) is 6.69. The largest absolute Gasteiger partial charge is 0.378 e. The van der Waals surface area contributed by atoms with Gasteiger partial charge >= 0.3 is 0 Å². The maximum Gasteiger partial charge on any atom is 0.183 e. The predicted molar refractivity (Wildman–Crippen MR) is 121 cm³/mol. The summed E-state index contributed by atoms with van der Waals surface area (Å²) in [5.41, 5.74) is 2.98. The maximum absolute atomic E-state index is 15.0. The van der Waals surface area contributed by atoms with Crippen LogP contribution in [0.1, 0.15) is 86.3 Å². The summed E-state index contributed by atoms with van der Waals surface area (Å²) in [6.07, 6.45) is 5.74. The molecule has 2 aliphatic rings. The van der Waals surface area contributed by atoms with Crippen molar-refractivity contribution in [2.24, 2.45) is 0 Å². The van der Waals surface area contributed by atoms with Gasteiger partial charge in [0.25, 0.3) is 0 Å². The molecule has 0 aromatic heterocycles. The Morgan fingerprint density at radius 3 is 1.94 bits per heavy atom. The quantitative estimate of drug-likeness (QED) is 0.470. The standard InChI is InChI=1S/C27H34F2O3/c1-3-5-18-7-9-19(10-8-18)27-31-16-21(17-32-27)24-14-13-23(25(28)26(24)29)20-11-12-22(6-4-2)30-15-20/h7-10,13-14,20-22,27H,3-6,11-12,15-17H2,1-2H3. The first kappa shape index (κ1) is 23.3. The zero-order chi connectivity index (χ0) is 22.5. The van der Waals surface area contributed by atoms with Crippen LogP contribution in [0.2, 0.25) is 0 Å². The minimum atomic E-state index is -0.780. The Hall–Kier alpha value is -1.82. The molecule has 0 radical (unpaired) electrons. The van der Waals surface area contributed by atoms with Gasteiger partial charge in [-0.15, -0.1) is 0 Å². The molecule has 174 valence electrons. The topological polar surface area (TPSA) is 27.7 Å². The summed E-state index contributed by atoms with van der Waals surface area (Å²) >= 11 is 0. The van der Waals surface area contributed by atoms with E-state index in [-0.39, 0.29) is 17.9 Å². The first-order valence-corrected chi connectivity index (χ1v) is 12.0. The van der Waals surface area contributed by atoms with Crippen LogP contribution in [0.5, 0.6) is 0 Å². The van der Waals surface area contributed by atoms with Gasteiger partial charge in [0.05, 0.1) is 25.9 Å². The maximum atomic E-state index is 15.0. The molecule has 2 fully saturated rings. The van der Waals surface area contributed by atoms with Gasteiger partial charge in [0.1, 0.15) is 0 Å². The highest BCUT2D eigenvalue weighted by atomic mass is 19.2. The van der Waals surface area contributed by atoms with Gasteiger partial charge in [-0.3, -0.25) is 0 Å². The van der Waals surface area contributed by atoms with E-state index in [9.17, 15) is 4.39 Å². The SMILES string of the molecule is CCCc1ccc(C2OCC(c3ccc(C4CCC(CCC)OC4)c(F)c3F)CO2)cc1. The minimum absolute atomic E-state index is 0.0921. The first-order chi connectivity index (χ1) is 15.6. The molecule has 0 aliphatic carbocycles. The number of aryl methyl sites for hydroxylation is 1. The lowest BCUT2D eigenvalue weighted by atomic mass is 9.88. The minimum Gasteiger partial charge on any atom is -0.378 e. The van der Waals surface area contributed by atoms with Gasteiger partial charge in [-0.05, 0) is 42.4 Å². The van der Waals surface area contributed by atoms with Crippen LogP contribution in [0, 0.1) is 11.6 Å². The van der Waals surface area contributed by atoms with Crippen molar-refractivity contribution < 1.29 is 23.0 Å². The first-order valence-electron chi connectivity index (χ1n) is 12.0. The summed E-state index contributed by atoms with van der Waals surface area (Å²) in [5, 5.41) is 0. The van der Waals surface area contributed by atoms with Crippen LogP contribution in [-0.2, 0) is 20.6 Å². The Bertz CT molecular complexity index is 867. The Labute approximate surface area is 190 Å². The highest BCUT2D eigenvalue weighted by Crippen LogP contribution is 2.36. The lowest BCUT2D eigenvalue weighted by molar-refractivity contribution is -0.192. The summed E-state index contributed by atoms with van der Waals surface area (Å²) in [5.74, 6) is -1.95. The van der Waals surface area contributed by atoms with Crippen LogP contribution in [-0.4, -0.2) is 25.9 Å². The number of ether oxygens (including phenoxy) is 3. The van der Waals surface area contributed by atoms with Crippen LogP contribution < -0.4 is 0 Å². The van der Waals surface area contributed by atoms with Crippen LogP contribution in [0.3, 0.4) is 0 Å². The third kappa shape index (κ3) is 5.22. The number of rotatable bonds is 7. The van der Waals surface area contributed by atoms with Gasteiger partial charge in [0.15, 0.2) is 17.9 Å². The Kier molecular flexibility index (Phi) is 7.93. The lowest BCUT2D eigenvalue weighted by Crippen LogP contribution is -2.27. The molecule has 2 heterocycles. The third-order valence-electron chi connectivity index (χ3n) is 6.69. The number of benzene rings is 2. The number of hydrogen-bond donors (Lipinski definition) is 0. The van der Waals surface area contributed by atoms with Gasteiger partial charge in [-0.1, -0.05) is 63.1 Å². The van der Waals surface area contributed by atoms with Gasteiger partial charge in [0, 0.05) is 17.4 Å². The number of hydrogen-bond acceptors (Lipinski definition) is 3. The van der Waals surface area contributed by atoms with Crippen molar-refractivity contribution in [2.45, 2.75) is 76.6 Å². The molecule has 32 heavy (non-hydrogen) atoms. The van der Waals surface area contributed by atoms with E-state index in [4.69, 9.17) is 14.2 Å². The molecule has 0 amide bonds. The smallest absolute Gasteiger partial charge is 0.183 e. The predicted octanol–water partition coefficient (Wildman–Crippen LogP) is 6.81. The Morgan fingerprint density at radius 1 is 0.750 bits per heavy atom. The monoisotopic (exact) mass is 444 g/mol. The summed E-state index contributed by atoms with van der Waals surface area (Å²) in [4.78, 5) is 0. The van der Waals surface area contributed by atoms with Crippen LogP contribution in [0.4, 0.5) is 8.78 Å². The average molecular weight is 445 g/mol. The molecule has 2 unspecified atom stereocenters. The van der Waals surface area contributed by atoms with E-state index in [1.807, 2.05) is 12.1 Å². The van der Waals surface area contributed by atoms with Crippen molar-refractivity contribution >= 4 is 0 Å². The summed E-state index contributed by atoms with van der Waals surface area (Å²) < 4.78 is 47.6. The van der Waals surface area contributed by atoms with Gasteiger partial charge < -0.3 is 14.2 Å². The molecule has 5 heteroatoms. The van der Waals surface area contributed by atoms with Gasteiger partial charge in [-0.25, -0.2) is 8.78 Å². The summed E-state index contributed by atoms with van der Waals surface area (Å²) in [6, 6.07) is 11.6. The number of halogens is 2. The molecular weight excluding hydrogens is 410 g/mol. The fourth-order valence-corrected chi connectivity index (χ4v) is 4.82. The van der Waals surface area contributed by atoms with E-state index in [0.29, 0.717) is 30.9 Å². The molecule has 2 aromatic carbocycles. The normalized spacial score (nSPS) is 26.2. The molecule has 4 rings (SSSR count). The molecule has 0 spiro atoms. The van der Waals surface area contributed by atoms with Crippen molar-refractivity contribution in [2.75, 3.05) is 19.8 Å². The molecule has 0 saturated carbocycles. The Balaban J connectivity index is 1.38. The van der Waals surface area contributed by atoms with Gasteiger partial charge in [0.2, 0.25) is 0 Å². The second-order valence-electron chi connectivity index (χ2n) is 9.08. The molecule has 2 aromatic rings. The van der Waals surface area contributed by atoms with E-state index >= 15 is 4.39 Å². The highest BCUT2D eigenvalue weighted by Gasteiger charge is 2.31. The van der Waals surface area contributed by atoms with Crippen molar-refractivity contribution in [3.63, 3.8) is 0 Å². The van der Waals surface area contributed by atoms with Crippen LogP contribution in [0.15, 0.2) is 36.4 Å². The zero-order valence-corrected chi connectivity index (χ0v) is 19.1. The summed E-state index contributed by atoms with van der Waals surface area (Å²) in [6.45, 7) is 5.33. The van der Waals surface area contributed by atoms with E-state index in [2.05, 4.69) is 26.0 Å². The zero-order valence-electron chi connectivity index (χ0n) is 19.1.